The van der Waals surface area contributed by atoms with Gasteiger partial charge in [-0.1, -0.05) is 24.3 Å². The molecule has 0 unspecified atom stereocenters. The quantitative estimate of drug-likeness (QED) is 0.839. The van der Waals surface area contributed by atoms with Gasteiger partial charge >= 0.3 is 0 Å². The molecule has 25 heavy (non-hydrogen) atoms. The molecule has 132 valence electrons. The Balaban J connectivity index is 1.55. The van der Waals surface area contributed by atoms with Gasteiger partial charge in [-0.05, 0) is 31.2 Å². The minimum atomic E-state index is -0.481. The third-order valence-electron chi connectivity index (χ3n) is 4.41. The summed E-state index contributed by atoms with van der Waals surface area (Å²) in [6.07, 6.45) is -0.481. The summed E-state index contributed by atoms with van der Waals surface area (Å²) in [6, 6.07) is 17.5. The van der Waals surface area contributed by atoms with Crippen LogP contribution in [0.3, 0.4) is 0 Å². The third kappa shape index (κ3) is 4.24. The summed E-state index contributed by atoms with van der Waals surface area (Å²) in [4.78, 5) is 16.8. The number of benzene rings is 2. The van der Waals surface area contributed by atoms with Crippen molar-refractivity contribution in [2.45, 2.75) is 13.0 Å². The predicted molar refractivity (Wildman–Crippen MR) is 98.3 cm³/mol. The number of ether oxygens (including phenoxy) is 2. The molecule has 2 aromatic rings. The monoisotopic (exact) mass is 340 g/mol. The van der Waals surface area contributed by atoms with Crippen LogP contribution in [0.15, 0.2) is 54.6 Å². The molecule has 0 radical (unpaired) electrons. The Labute approximate surface area is 148 Å². The van der Waals surface area contributed by atoms with E-state index < -0.39 is 6.10 Å². The van der Waals surface area contributed by atoms with Crippen molar-refractivity contribution in [3.05, 3.63) is 54.6 Å². The molecule has 1 atom stereocenters. The molecule has 0 N–H and O–H groups in total. The van der Waals surface area contributed by atoms with Crippen molar-refractivity contribution >= 4 is 11.6 Å². The lowest BCUT2D eigenvalue weighted by atomic mass is 10.2. The lowest BCUT2D eigenvalue weighted by Crippen LogP contribution is -2.52. The number of anilines is 1. The van der Waals surface area contributed by atoms with E-state index in [0.29, 0.717) is 13.1 Å². The second-order valence-corrected chi connectivity index (χ2v) is 6.09. The number of methoxy groups -OCH3 is 1. The highest BCUT2D eigenvalue weighted by molar-refractivity contribution is 5.81. The third-order valence-corrected chi connectivity index (χ3v) is 4.41. The van der Waals surface area contributed by atoms with Gasteiger partial charge in [-0.25, -0.2) is 0 Å². The Morgan fingerprint density at radius 2 is 1.64 bits per heavy atom. The summed E-state index contributed by atoms with van der Waals surface area (Å²) in [5, 5.41) is 0. The molecule has 0 aromatic heterocycles. The van der Waals surface area contributed by atoms with Crippen LogP contribution >= 0.6 is 0 Å². The van der Waals surface area contributed by atoms with E-state index in [-0.39, 0.29) is 5.91 Å². The van der Waals surface area contributed by atoms with Gasteiger partial charge < -0.3 is 19.3 Å². The van der Waals surface area contributed by atoms with Crippen molar-refractivity contribution in [2.75, 3.05) is 38.2 Å². The first-order valence-corrected chi connectivity index (χ1v) is 8.57. The molecule has 1 heterocycles. The molecule has 3 rings (SSSR count). The number of hydrogen-bond donors (Lipinski definition) is 0. The Hall–Kier alpha value is -2.69. The van der Waals surface area contributed by atoms with Gasteiger partial charge in [0.25, 0.3) is 5.91 Å². The van der Waals surface area contributed by atoms with E-state index in [1.807, 2.05) is 60.4 Å². The minimum Gasteiger partial charge on any atom is -0.497 e. The molecule has 2 aromatic carbocycles. The maximum atomic E-state index is 12.6. The van der Waals surface area contributed by atoms with Crippen molar-refractivity contribution in [3.8, 4) is 11.5 Å². The van der Waals surface area contributed by atoms with Gasteiger partial charge in [0.05, 0.1) is 7.11 Å². The fraction of sp³-hybridized carbons (Fsp3) is 0.350. The largest absolute Gasteiger partial charge is 0.497 e. The number of piperazine rings is 1. The molecule has 5 nitrogen and oxygen atoms in total. The second-order valence-electron chi connectivity index (χ2n) is 6.09. The number of para-hydroxylation sites is 1. The predicted octanol–water partition coefficient (Wildman–Crippen LogP) is 2.81. The van der Waals surface area contributed by atoms with Crippen LogP contribution in [0.2, 0.25) is 0 Å². The van der Waals surface area contributed by atoms with Crippen molar-refractivity contribution in [2.24, 2.45) is 0 Å². The number of amides is 1. The first-order chi connectivity index (χ1) is 12.2. The molecule has 1 saturated heterocycles. The van der Waals surface area contributed by atoms with Crippen LogP contribution in [-0.4, -0.2) is 50.2 Å². The molecule has 1 aliphatic rings. The number of nitrogens with zero attached hydrogens (tertiary/aromatic N) is 2. The second kappa shape index (κ2) is 7.92. The zero-order chi connectivity index (χ0) is 17.6. The van der Waals surface area contributed by atoms with Crippen LogP contribution < -0.4 is 14.4 Å². The Bertz CT molecular complexity index is 697. The highest BCUT2D eigenvalue weighted by Crippen LogP contribution is 2.22. The van der Waals surface area contributed by atoms with Gasteiger partial charge in [-0.3, -0.25) is 4.79 Å². The van der Waals surface area contributed by atoms with Crippen molar-refractivity contribution in [3.63, 3.8) is 0 Å². The summed E-state index contributed by atoms with van der Waals surface area (Å²) in [5.41, 5.74) is 1.13. The zero-order valence-electron chi connectivity index (χ0n) is 14.7. The van der Waals surface area contributed by atoms with E-state index in [4.69, 9.17) is 9.47 Å². The van der Waals surface area contributed by atoms with Crippen LogP contribution in [0, 0.1) is 0 Å². The number of hydrogen-bond acceptors (Lipinski definition) is 4. The van der Waals surface area contributed by atoms with Crippen LogP contribution in [0.1, 0.15) is 6.92 Å². The van der Waals surface area contributed by atoms with Crippen molar-refractivity contribution in [1.29, 1.82) is 0 Å². The zero-order valence-corrected chi connectivity index (χ0v) is 14.7. The standard InChI is InChI=1S/C20H24N2O3/c1-16(25-18-8-4-3-5-9-18)20(23)22-13-11-21(12-14-22)17-7-6-10-19(15-17)24-2/h3-10,15-16H,11-14H2,1-2H3/t16-/m1/s1. The van der Waals surface area contributed by atoms with Gasteiger partial charge in [-0.2, -0.15) is 0 Å². The summed E-state index contributed by atoms with van der Waals surface area (Å²) in [5.74, 6) is 1.61. The fourth-order valence-electron chi connectivity index (χ4n) is 3.00. The van der Waals surface area contributed by atoms with E-state index in [0.717, 1.165) is 30.3 Å². The molecule has 1 amide bonds. The summed E-state index contributed by atoms with van der Waals surface area (Å²) >= 11 is 0. The van der Waals surface area contributed by atoms with Crippen LogP contribution in [0.4, 0.5) is 5.69 Å². The van der Waals surface area contributed by atoms with E-state index in [9.17, 15) is 4.79 Å². The van der Waals surface area contributed by atoms with E-state index in [1.54, 1.807) is 7.11 Å². The highest BCUT2D eigenvalue weighted by atomic mass is 16.5. The Morgan fingerprint density at radius 3 is 2.32 bits per heavy atom. The van der Waals surface area contributed by atoms with E-state index >= 15 is 0 Å². The SMILES string of the molecule is COc1cccc(N2CCN(C(=O)[C@@H](C)Oc3ccccc3)CC2)c1. The molecule has 5 heteroatoms. The van der Waals surface area contributed by atoms with E-state index in [1.165, 1.54) is 0 Å². The normalized spacial score (nSPS) is 15.6. The molecule has 0 bridgehead atoms. The number of carbonyl (C=O) groups is 1. The first kappa shape index (κ1) is 17.1. The van der Waals surface area contributed by atoms with Gasteiger partial charge in [0.2, 0.25) is 0 Å². The van der Waals surface area contributed by atoms with E-state index in [2.05, 4.69) is 11.0 Å². The minimum absolute atomic E-state index is 0.0362. The van der Waals surface area contributed by atoms with Gasteiger partial charge in [0.15, 0.2) is 6.10 Å². The lowest BCUT2D eigenvalue weighted by molar-refractivity contribution is -0.138. The van der Waals surface area contributed by atoms with Gasteiger partial charge in [0.1, 0.15) is 11.5 Å². The Morgan fingerprint density at radius 1 is 0.960 bits per heavy atom. The summed E-state index contributed by atoms with van der Waals surface area (Å²) in [6.45, 7) is 4.80. The molecule has 1 aliphatic heterocycles. The van der Waals surface area contributed by atoms with Gasteiger partial charge in [-0.15, -0.1) is 0 Å². The molecule has 0 aliphatic carbocycles. The lowest BCUT2D eigenvalue weighted by Gasteiger charge is -2.37. The average Bonchev–Trinajstić information content (AvgIpc) is 2.68. The average molecular weight is 340 g/mol. The number of carbonyl (C=O) groups excluding carboxylic acids is 1. The summed E-state index contributed by atoms with van der Waals surface area (Å²) < 4.78 is 11.0. The molecular formula is C20H24N2O3. The van der Waals surface area contributed by atoms with Crippen molar-refractivity contribution in [1.82, 2.24) is 4.90 Å². The number of rotatable bonds is 5. The molecule has 1 fully saturated rings. The van der Waals surface area contributed by atoms with Crippen LogP contribution in [-0.2, 0) is 4.79 Å². The first-order valence-electron chi connectivity index (χ1n) is 8.57. The Kier molecular flexibility index (Phi) is 5.43. The summed E-state index contributed by atoms with van der Waals surface area (Å²) in [7, 11) is 1.67. The topological polar surface area (TPSA) is 42.0 Å². The molecular weight excluding hydrogens is 316 g/mol. The highest BCUT2D eigenvalue weighted by Gasteiger charge is 2.26. The molecule has 0 spiro atoms. The van der Waals surface area contributed by atoms with Crippen LogP contribution in [0.5, 0.6) is 11.5 Å². The fourth-order valence-corrected chi connectivity index (χ4v) is 3.00. The van der Waals surface area contributed by atoms with Gasteiger partial charge in [0, 0.05) is 37.9 Å². The molecule has 0 saturated carbocycles. The van der Waals surface area contributed by atoms with Crippen molar-refractivity contribution < 1.29 is 14.3 Å². The van der Waals surface area contributed by atoms with Crippen LogP contribution in [0.25, 0.3) is 0 Å². The maximum absolute atomic E-state index is 12.6. The smallest absolute Gasteiger partial charge is 0.263 e. The maximum Gasteiger partial charge on any atom is 0.263 e.